The molecule has 3 aliphatic rings. The Bertz CT molecular complexity index is 1020. The van der Waals surface area contributed by atoms with Gasteiger partial charge in [-0.2, -0.15) is 4.68 Å². The van der Waals surface area contributed by atoms with Crippen LogP contribution in [0.1, 0.15) is 11.2 Å². The summed E-state index contributed by atoms with van der Waals surface area (Å²) in [7, 11) is 0. The van der Waals surface area contributed by atoms with Crippen LogP contribution >= 0.6 is 11.8 Å². The van der Waals surface area contributed by atoms with Crippen LogP contribution in [0.2, 0.25) is 0 Å². The minimum Gasteiger partial charge on any atom is -0.436 e. The van der Waals surface area contributed by atoms with E-state index in [2.05, 4.69) is 10.1 Å². The molecule has 0 bridgehead atoms. The summed E-state index contributed by atoms with van der Waals surface area (Å²) < 4.78 is 6.35. The fraction of sp³-hybridized carbons (Fsp3) is 0.133. The van der Waals surface area contributed by atoms with Crippen molar-refractivity contribution < 1.29 is 14.0 Å². The van der Waals surface area contributed by atoms with Crippen molar-refractivity contribution in [3.05, 3.63) is 40.7 Å². The van der Waals surface area contributed by atoms with Crippen LogP contribution in [-0.2, 0) is 4.79 Å². The molecular formula is C15H9N3O4S. The van der Waals surface area contributed by atoms with E-state index in [-0.39, 0.29) is 29.5 Å². The highest BCUT2D eigenvalue weighted by molar-refractivity contribution is 8.15. The normalized spacial score (nSPS) is 14.6. The highest BCUT2D eigenvalue weighted by Gasteiger charge is 2.25. The number of carbonyl (C=O) groups excluding carboxylic acids is 2. The van der Waals surface area contributed by atoms with E-state index >= 15 is 0 Å². The van der Waals surface area contributed by atoms with Gasteiger partial charge in [0.25, 0.3) is 17.4 Å². The fourth-order valence-corrected chi connectivity index (χ4v) is 3.11. The zero-order chi connectivity index (χ0) is 16.0. The predicted molar refractivity (Wildman–Crippen MR) is 85.0 cm³/mol. The number of para-hydroxylation sites is 1. The number of aliphatic imine (C=N–C) groups is 1. The van der Waals surface area contributed by atoms with Crippen molar-refractivity contribution in [1.82, 2.24) is 9.78 Å². The van der Waals surface area contributed by atoms with Crippen molar-refractivity contribution in [2.24, 2.45) is 4.99 Å². The molecule has 8 heteroatoms. The van der Waals surface area contributed by atoms with Crippen molar-refractivity contribution in [2.45, 2.75) is 6.42 Å². The molecule has 0 aromatic heterocycles. The molecule has 4 rings (SSSR count). The van der Waals surface area contributed by atoms with Gasteiger partial charge in [-0.05, 0) is 12.1 Å². The second-order valence-electron chi connectivity index (χ2n) is 4.98. The number of fused-ring (bicyclic) bond motifs is 2. The number of hydrogen-bond acceptors (Lipinski definition) is 6. The molecule has 0 fully saturated rings. The van der Waals surface area contributed by atoms with Gasteiger partial charge < -0.3 is 4.42 Å². The molecule has 0 radical (unpaired) electrons. The standard InChI is InChI=1S/C15H9N3O4S/c19-11-7-23-12(16-11)6-13(20)18-15(21)9-5-8-3-1-2-4-10(8)22-14(9)17-18/h1-5H,6-7H2. The zero-order valence-electron chi connectivity index (χ0n) is 11.7. The molecule has 0 aliphatic carbocycles. The molecule has 0 saturated heterocycles. The summed E-state index contributed by atoms with van der Waals surface area (Å²) in [6.07, 6.45) is -0.126. The molecule has 1 amide bonds. The smallest absolute Gasteiger partial charge is 0.286 e. The summed E-state index contributed by atoms with van der Waals surface area (Å²) in [5.74, 6) is -0.466. The molecule has 0 spiro atoms. The summed E-state index contributed by atoms with van der Waals surface area (Å²) in [5.41, 5.74) is 0.294. The molecule has 0 N–H and O–H groups in total. The van der Waals surface area contributed by atoms with E-state index in [0.717, 1.165) is 10.1 Å². The first-order chi connectivity index (χ1) is 11.1. The summed E-state index contributed by atoms with van der Waals surface area (Å²) in [4.78, 5) is 39.4. The van der Waals surface area contributed by atoms with Gasteiger partial charge in [0.2, 0.25) is 5.89 Å². The number of amides is 1. The van der Waals surface area contributed by atoms with Crippen LogP contribution in [0.4, 0.5) is 0 Å². The van der Waals surface area contributed by atoms with E-state index in [4.69, 9.17) is 4.42 Å². The Hall–Kier alpha value is -2.74. The Morgan fingerprint density at radius 1 is 1.30 bits per heavy atom. The van der Waals surface area contributed by atoms with Gasteiger partial charge in [-0.15, -0.1) is 16.9 Å². The third-order valence-corrected chi connectivity index (χ3v) is 4.38. The van der Waals surface area contributed by atoms with Crippen molar-refractivity contribution in [1.29, 1.82) is 0 Å². The molecule has 3 aliphatic heterocycles. The van der Waals surface area contributed by atoms with Gasteiger partial charge in [0.1, 0.15) is 11.1 Å². The number of benzene rings is 1. The number of nitrogens with zero attached hydrogens (tertiary/aromatic N) is 3. The van der Waals surface area contributed by atoms with E-state index < -0.39 is 11.5 Å². The van der Waals surface area contributed by atoms with E-state index in [1.807, 2.05) is 18.2 Å². The largest absolute Gasteiger partial charge is 0.436 e. The first kappa shape index (κ1) is 13.9. The van der Waals surface area contributed by atoms with Crippen LogP contribution in [0, 0.1) is 0 Å². The Balaban J connectivity index is 1.77. The maximum absolute atomic E-state index is 12.4. The molecule has 0 saturated carbocycles. The highest BCUT2D eigenvalue weighted by Crippen LogP contribution is 2.24. The molecule has 0 atom stereocenters. The fourth-order valence-electron chi connectivity index (χ4n) is 2.36. The van der Waals surface area contributed by atoms with E-state index in [1.165, 1.54) is 11.8 Å². The average Bonchev–Trinajstić information content (AvgIpc) is 3.09. The van der Waals surface area contributed by atoms with E-state index in [1.54, 1.807) is 12.1 Å². The Kier molecular flexibility index (Phi) is 3.12. The van der Waals surface area contributed by atoms with Gasteiger partial charge in [0.15, 0.2) is 0 Å². The number of aromatic nitrogens is 2. The second kappa shape index (κ2) is 5.17. The predicted octanol–water partition coefficient (Wildman–Crippen LogP) is 1.80. The monoisotopic (exact) mass is 327 g/mol. The van der Waals surface area contributed by atoms with Crippen LogP contribution in [0.3, 0.4) is 0 Å². The lowest BCUT2D eigenvalue weighted by molar-refractivity contribution is -0.115. The first-order valence-corrected chi connectivity index (χ1v) is 7.78. The number of thioether (sulfide) groups is 1. The van der Waals surface area contributed by atoms with Crippen LogP contribution in [0.15, 0.2) is 44.5 Å². The third-order valence-electron chi connectivity index (χ3n) is 3.42. The minimum absolute atomic E-state index is 0.110. The SMILES string of the molecule is O=C1CSC(CC(=O)n2nc3oc4ccccc4cc-3c2=O)=N1. The van der Waals surface area contributed by atoms with Gasteiger partial charge in [-0.1, -0.05) is 18.2 Å². The van der Waals surface area contributed by atoms with Gasteiger partial charge in [-0.3, -0.25) is 14.4 Å². The van der Waals surface area contributed by atoms with E-state index in [9.17, 15) is 14.4 Å². The molecular weight excluding hydrogens is 318 g/mol. The molecule has 0 unspecified atom stereocenters. The van der Waals surface area contributed by atoms with Crippen molar-refractivity contribution in [3.63, 3.8) is 0 Å². The Morgan fingerprint density at radius 3 is 2.91 bits per heavy atom. The molecule has 3 heterocycles. The Morgan fingerprint density at radius 2 is 2.13 bits per heavy atom. The number of hydrogen-bond donors (Lipinski definition) is 0. The van der Waals surface area contributed by atoms with Gasteiger partial charge in [0, 0.05) is 5.39 Å². The van der Waals surface area contributed by atoms with Gasteiger partial charge in [-0.25, -0.2) is 4.99 Å². The molecule has 1 aromatic rings. The molecule has 23 heavy (non-hydrogen) atoms. The number of rotatable bonds is 2. The third kappa shape index (κ3) is 2.36. The lowest BCUT2D eigenvalue weighted by Gasteiger charge is -1.98. The van der Waals surface area contributed by atoms with Crippen LogP contribution < -0.4 is 5.56 Å². The van der Waals surface area contributed by atoms with Gasteiger partial charge >= 0.3 is 0 Å². The molecule has 1 aromatic carbocycles. The van der Waals surface area contributed by atoms with Crippen molar-refractivity contribution >= 4 is 39.6 Å². The summed E-state index contributed by atoms with van der Waals surface area (Å²) in [6.45, 7) is 0. The van der Waals surface area contributed by atoms with Gasteiger partial charge in [0.05, 0.1) is 17.2 Å². The van der Waals surface area contributed by atoms with E-state index in [0.29, 0.717) is 10.6 Å². The minimum atomic E-state index is -0.536. The molecule has 7 nitrogen and oxygen atoms in total. The maximum atomic E-state index is 12.4. The molecule has 114 valence electrons. The zero-order valence-corrected chi connectivity index (χ0v) is 12.5. The highest BCUT2D eigenvalue weighted by atomic mass is 32.2. The van der Waals surface area contributed by atoms with Crippen LogP contribution in [0.25, 0.3) is 22.4 Å². The first-order valence-electron chi connectivity index (χ1n) is 6.80. The summed E-state index contributed by atoms with van der Waals surface area (Å²) in [5, 5.41) is 5.12. The second-order valence-corrected chi connectivity index (χ2v) is 6.03. The lowest BCUT2D eigenvalue weighted by Crippen LogP contribution is -2.25. The lowest BCUT2D eigenvalue weighted by atomic mass is 10.2. The average molecular weight is 327 g/mol. The summed E-state index contributed by atoms with van der Waals surface area (Å²) in [6, 6.07) is 8.86. The Labute approximate surface area is 133 Å². The maximum Gasteiger partial charge on any atom is 0.286 e. The van der Waals surface area contributed by atoms with Crippen molar-refractivity contribution in [3.8, 4) is 11.5 Å². The van der Waals surface area contributed by atoms with Crippen LogP contribution in [-0.4, -0.2) is 32.4 Å². The van der Waals surface area contributed by atoms with Crippen molar-refractivity contribution in [2.75, 3.05) is 5.75 Å². The summed E-state index contributed by atoms with van der Waals surface area (Å²) >= 11 is 1.20. The van der Waals surface area contributed by atoms with Crippen LogP contribution in [0.5, 0.6) is 0 Å². The topological polar surface area (TPSA) is 94.5 Å². The number of carbonyl (C=O) groups is 2. The quantitative estimate of drug-likeness (QED) is 0.712.